The molecule has 106 valence electrons. The largest absolute Gasteiger partial charge is 0.465 e. The maximum absolute atomic E-state index is 11.8. The zero-order valence-electron chi connectivity index (χ0n) is 12.1. The highest BCUT2D eigenvalue weighted by Crippen LogP contribution is 2.39. The summed E-state index contributed by atoms with van der Waals surface area (Å²) in [4.78, 5) is 15.5. The van der Waals surface area contributed by atoms with Gasteiger partial charge in [-0.1, -0.05) is 18.2 Å². The standard InChI is InChI=1S/C15H18N2O2S/c1-16-11-9-13(20-14(11)15(18)19-4)10-7-5-6-8-12(10)17(2)3/h5-9,16H,1-4H3. The molecule has 0 amide bonds. The van der Waals surface area contributed by atoms with Gasteiger partial charge in [0.25, 0.3) is 0 Å². The first-order valence-electron chi connectivity index (χ1n) is 6.25. The van der Waals surface area contributed by atoms with E-state index >= 15 is 0 Å². The molecule has 0 aliphatic rings. The normalized spacial score (nSPS) is 10.2. The summed E-state index contributed by atoms with van der Waals surface area (Å²) in [6.07, 6.45) is 0. The molecule has 0 atom stereocenters. The molecule has 0 saturated heterocycles. The van der Waals surface area contributed by atoms with Crippen LogP contribution in [-0.4, -0.2) is 34.2 Å². The van der Waals surface area contributed by atoms with Crippen molar-refractivity contribution in [2.45, 2.75) is 0 Å². The molecule has 4 nitrogen and oxygen atoms in total. The number of hydrogen-bond acceptors (Lipinski definition) is 5. The third-order valence-corrected chi connectivity index (χ3v) is 4.17. The topological polar surface area (TPSA) is 41.6 Å². The molecule has 1 heterocycles. The van der Waals surface area contributed by atoms with E-state index in [0.717, 1.165) is 21.8 Å². The second-order valence-corrected chi connectivity index (χ2v) is 5.56. The van der Waals surface area contributed by atoms with Crippen molar-refractivity contribution in [3.05, 3.63) is 35.2 Å². The van der Waals surface area contributed by atoms with Gasteiger partial charge in [0.1, 0.15) is 4.88 Å². The van der Waals surface area contributed by atoms with E-state index in [2.05, 4.69) is 22.3 Å². The van der Waals surface area contributed by atoms with Crippen molar-refractivity contribution in [1.82, 2.24) is 0 Å². The molecular weight excluding hydrogens is 272 g/mol. The minimum atomic E-state index is -0.312. The smallest absolute Gasteiger partial charge is 0.350 e. The molecule has 0 radical (unpaired) electrons. The van der Waals surface area contributed by atoms with Crippen molar-refractivity contribution in [3.8, 4) is 10.4 Å². The lowest BCUT2D eigenvalue weighted by molar-refractivity contribution is 0.0607. The summed E-state index contributed by atoms with van der Waals surface area (Å²) in [7, 11) is 7.21. The Morgan fingerprint density at radius 2 is 2.00 bits per heavy atom. The van der Waals surface area contributed by atoms with Crippen LogP contribution in [0.1, 0.15) is 9.67 Å². The molecule has 1 aromatic carbocycles. The second kappa shape index (κ2) is 5.96. The van der Waals surface area contributed by atoms with E-state index in [-0.39, 0.29) is 5.97 Å². The lowest BCUT2D eigenvalue weighted by atomic mass is 10.1. The van der Waals surface area contributed by atoms with E-state index in [1.54, 1.807) is 7.05 Å². The van der Waals surface area contributed by atoms with Crippen LogP contribution in [0.5, 0.6) is 0 Å². The molecule has 1 aromatic heterocycles. The quantitative estimate of drug-likeness (QED) is 0.877. The van der Waals surface area contributed by atoms with Crippen LogP contribution in [0.25, 0.3) is 10.4 Å². The summed E-state index contributed by atoms with van der Waals surface area (Å²) in [6.45, 7) is 0. The molecule has 0 bridgehead atoms. The lowest BCUT2D eigenvalue weighted by Gasteiger charge is -2.16. The zero-order valence-corrected chi connectivity index (χ0v) is 12.9. The number of benzene rings is 1. The lowest BCUT2D eigenvalue weighted by Crippen LogP contribution is -2.09. The Kier molecular flexibility index (Phi) is 4.29. The number of nitrogens with one attached hydrogen (secondary N) is 1. The molecule has 0 spiro atoms. The van der Waals surface area contributed by atoms with Crippen molar-refractivity contribution >= 4 is 28.7 Å². The molecule has 0 aliphatic carbocycles. The minimum Gasteiger partial charge on any atom is -0.465 e. The maximum atomic E-state index is 11.8. The number of anilines is 2. The van der Waals surface area contributed by atoms with Crippen molar-refractivity contribution < 1.29 is 9.53 Å². The van der Waals surface area contributed by atoms with Gasteiger partial charge in [-0.25, -0.2) is 4.79 Å². The number of nitrogens with zero attached hydrogens (tertiary/aromatic N) is 1. The third-order valence-electron chi connectivity index (χ3n) is 3.02. The van der Waals surface area contributed by atoms with Crippen LogP contribution in [0, 0.1) is 0 Å². The molecular formula is C15H18N2O2S. The predicted molar refractivity (Wildman–Crippen MR) is 85.0 cm³/mol. The molecule has 20 heavy (non-hydrogen) atoms. The SMILES string of the molecule is CNc1cc(-c2ccccc2N(C)C)sc1C(=O)OC. The fraction of sp³-hybridized carbons (Fsp3) is 0.267. The van der Waals surface area contributed by atoms with Gasteiger partial charge in [-0.05, 0) is 12.1 Å². The van der Waals surface area contributed by atoms with E-state index in [1.165, 1.54) is 18.4 Å². The number of hydrogen-bond donors (Lipinski definition) is 1. The van der Waals surface area contributed by atoms with Crippen molar-refractivity contribution in [2.75, 3.05) is 38.5 Å². The second-order valence-electron chi connectivity index (χ2n) is 4.51. The van der Waals surface area contributed by atoms with Crippen molar-refractivity contribution in [3.63, 3.8) is 0 Å². The summed E-state index contributed by atoms with van der Waals surface area (Å²) < 4.78 is 4.83. The average molecular weight is 290 g/mol. The van der Waals surface area contributed by atoms with Crippen LogP contribution >= 0.6 is 11.3 Å². The Balaban J connectivity index is 2.54. The van der Waals surface area contributed by atoms with Crippen LogP contribution in [0.2, 0.25) is 0 Å². The Morgan fingerprint density at radius 1 is 1.30 bits per heavy atom. The molecule has 2 rings (SSSR count). The monoisotopic (exact) mass is 290 g/mol. The molecule has 2 aromatic rings. The first-order valence-corrected chi connectivity index (χ1v) is 7.06. The highest BCUT2D eigenvalue weighted by atomic mass is 32.1. The molecule has 0 saturated carbocycles. The third kappa shape index (κ3) is 2.63. The average Bonchev–Trinajstić information content (AvgIpc) is 2.90. The van der Waals surface area contributed by atoms with Gasteiger partial charge in [-0.3, -0.25) is 0 Å². The van der Waals surface area contributed by atoms with Crippen LogP contribution < -0.4 is 10.2 Å². The number of ether oxygens (including phenoxy) is 1. The van der Waals surface area contributed by atoms with E-state index in [0.29, 0.717) is 4.88 Å². The van der Waals surface area contributed by atoms with Crippen LogP contribution in [0.15, 0.2) is 30.3 Å². The summed E-state index contributed by atoms with van der Waals surface area (Å²) in [5.74, 6) is -0.312. The predicted octanol–water partition coefficient (Wildman–Crippen LogP) is 3.31. The molecule has 0 fully saturated rings. The minimum absolute atomic E-state index is 0.312. The Hall–Kier alpha value is -2.01. The molecule has 1 N–H and O–H groups in total. The number of thiophene rings is 1. The summed E-state index contributed by atoms with van der Waals surface area (Å²) in [5, 5.41) is 3.05. The molecule has 0 unspecified atom stereocenters. The van der Waals surface area contributed by atoms with Gasteiger partial charge in [0, 0.05) is 37.3 Å². The van der Waals surface area contributed by atoms with Crippen LogP contribution in [0.4, 0.5) is 11.4 Å². The van der Waals surface area contributed by atoms with E-state index in [1.807, 2.05) is 32.3 Å². The van der Waals surface area contributed by atoms with Gasteiger partial charge in [0.05, 0.1) is 12.8 Å². The van der Waals surface area contributed by atoms with Crippen molar-refractivity contribution in [2.24, 2.45) is 0 Å². The van der Waals surface area contributed by atoms with Crippen LogP contribution in [-0.2, 0) is 4.74 Å². The number of carbonyl (C=O) groups excluding carboxylic acids is 1. The summed E-state index contributed by atoms with van der Waals surface area (Å²) in [5.41, 5.74) is 3.02. The number of rotatable bonds is 4. The van der Waals surface area contributed by atoms with E-state index in [4.69, 9.17) is 4.74 Å². The van der Waals surface area contributed by atoms with Gasteiger partial charge in [-0.15, -0.1) is 11.3 Å². The molecule has 0 aliphatic heterocycles. The number of para-hydroxylation sites is 1. The van der Waals surface area contributed by atoms with Crippen LogP contribution in [0.3, 0.4) is 0 Å². The first kappa shape index (κ1) is 14.4. The Bertz CT molecular complexity index is 620. The van der Waals surface area contributed by atoms with Gasteiger partial charge in [0.2, 0.25) is 0 Å². The fourth-order valence-electron chi connectivity index (χ4n) is 2.03. The first-order chi connectivity index (χ1) is 9.58. The maximum Gasteiger partial charge on any atom is 0.350 e. The summed E-state index contributed by atoms with van der Waals surface area (Å²) >= 11 is 1.44. The number of esters is 1. The van der Waals surface area contributed by atoms with Crippen molar-refractivity contribution in [1.29, 1.82) is 0 Å². The van der Waals surface area contributed by atoms with E-state index in [9.17, 15) is 4.79 Å². The number of methoxy groups -OCH3 is 1. The van der Waals surface area contributed by atoms with Gasteiger partial charge < -0.3 is 15.0 Å². The van der Waals surface area contributed by atoms with Gasteiger partial charge >= 0.3 is 5.97 Å². The number of carbonyl (C=O) groups is 1. The van der Waals surface area contributed by atoms with E-state index < -0.39 is 0 Å². The van der Waals surface area contributed by atoms with Gasteiger partial charge in [-0.2, -0.15) is 0 Å². The zero-order chi connectivity index (χ0) is 14.7. The highest BCUT2D eigenvalue weighted by Gasteiger charge is 2.18. The molecule has 5 heteroatoms. The Morgan fingerprint density at radius 3 is 2.60 bits per heavy atom. The Labute approximate surface area is 123 Å². The summed E-state index contributed by atoms with van der Waals surface area (Å²) in [6, 6.07) is 10.1. The highest BCUT2D eigenvalue weighted by molar-refractivity contribution is 7.18. The van der Waals surface area contributed by atoms with Gasteiger partial charge in [0.15, 0.2) is 0 Å². The fourth-order valence-corrected chi connectivity index (χ4v) is 3.14.